The first-order valence-corrected chi connectivity index (χ1v) is 8.10. The number of rotatable bonds is 8. The lowest BCUT2D eigenvalue weighted by Crippen LogP contribution is -2.46. The van der Waals surface area contributed by atoms with E-state index in [2.05, 4.69) is 37.9 Å². The van der Waals surface area contributed by atoms with Gasteiger partial charge in [-0.05, 0) is 45.2 Å². The van der Waals surface area contributed by atoms with E-state index in [-0.39, 0.29) is 0 Å². The molecule has 1 rings (SSSR count). The van der Waals surface area contributed by atoms with E-state index in [9.17, 15) is 0 Å². The lowest BCUT2D eigenvalue weighted by atomic mass is 10.0. The first kappa shape index (κ1) is 16.0. The van der Waals surface area contributed by atoms with Gasteiger partial charge < -0.3 is 10.2 Å². The summed E-state index contributed by atoms with van der Waals surface area (Å²) < 4.78 is 0. The molecule has 0 aromatic rings. The molecule has 0 saturated carbocycles. The third-order valence-corrected chi connectivity index (χ3v) is 3.97. The summed E-state index contributed by atoms with van der Waals surface area (Å²) in [7, 11) is 0. The summed E-state index contributed by atoms with van der Waals surface area (Å²) in [4.78, 5) is 2.63. The van der Waals surface area contributed by atoms with Crippen molar-refractivity contribution < 1.29 is 0 Å². The van der Waals surface area contributed by atoms with Gasteiger partial charge in [0.2, 0.25) is 0 Å². The van der Waals surface area contributed by atoms with Crippen LogP contribution in [0.25, 0.3) is 0 Å². The van der Waals surface area contributed by atoms with Crippen LogP contribution in [-0.4, -0.2) is 36.6 Å². The van der Waals surface area contributed by atoms with Gasteiger partial charge in [0.25, 0.3) is 0 Å². The van der Waals surface area contributed by atoms with Gasteiger partial charge in [-0.1, -0.05) is 40.0 Å². The van der Waals surface area contributed by atoms with Crippen LogP contribution >= 0.6 is 0 Å². The van der Waals surface area contributed by atoms with E-state index in [1.54, 1.807) is 0 Å². The normalized spacial score (nSPS) is 20.5. The fourth-order valence-corrected chi connectivity index (χ4v) is 2.98. The van der Waals surface area contributed by atoms with Crippen LogP contribution in [0, 0.1) is 5.92 Å². The molecule has 0 radical (unpaired) electrons. The van der Waals surface area contributed by atoms with E-state index in [0.29, 0.717) is 6.04 Å². The van der Waals surface area contributed by atoms with Crippen molar-refractivity contribution in [2.45, 2.75) is 78.3 Å². The molecule has 0 aromatic carbocycles. The SMILES string of the molecule is CCCCCC(C)NC1CCN(CC(C)C)CC1. The molecule has 0 amide bonds. The number of hydrogen-bond acceptors (Lipinski definition) is 2. The van der Waals surface area contributed by atoms with Crippen LogP contribution in [0.15, 0.2) is 0 Å². The van der Waals surface area contributed by atoms with Gasteiger partial charge >= 0.3 is 0 Å². The lowest BCUT2D eigenvalue weighted by Gasteiger charge is -2.34. The van der Waals surface area contributed by atoms with Crippen LogP contribution < -0.4 is 5.32 Å². The average molecular weight is 254 g/mol. The molecular weight excluding hydrogens is 220 g/mol. The van der Waals surface area contributed by atoms with Gasteiger partial charge in [0.15, 0.2) is 0 Å². The second kappa shape index (κ2) is 8.92. The molecule has 108 valence electrons. The Morgan fingerprint density at radius 2 is 1.78 bits per heavy atom. The molecule has 2 heteroatoms. The first-order chi connectivity index (χ1) is 8.61. The van der Waals surface area contributed by atoms with Crippen LogP contribution in [0.4, 0.5) is 0 Å². The highest BCUT2D eigenvalue weighted by Crippen LogP contribution is 2.13. The Labute approximate surface area is 115 Å². The Kier molecular flexibility index (Phi) is 7.92. The van der Waals surface area contributed by atoms with E-state index < -0.39 is 0 Å². The second-order valence-corrected chi connectivity index (χ2v) is 6.53. The zero-order valence-electron chi connectivity index (χ0n) is 13.0. The highest BCUT2D eigenvalue weighted by Gasteiger charge is 2.20. The number of unbranched alkanes of at least 4 members (excludes halogenated alkanes) is 2. The minimum Gasteiger partial charge on any atom is -0.311 e. The van der Waals surface area contributed by atoms with Crippen LogP contribution in [0.2, 0.25) is 0 Å². The predicted molar refractivity (Wildman–Crippen MR) is 81.0 cm³/mol. The lowest BCUT2D eigenvalue weighted by molar-refractivity contribution is 0.174. The summed E-state index contributed by atoms with van der Waals surface area (Å²) in [5.74, 6) is 0.808. The molecule has 0 spiro atoms. The van der Waals surface area contributed by atoms with E-state index in [0.717, 1.165) is 12.0 Å². The molecule has 1 atom stereocenters. The number of nitrogens with one attached hydrogen (secondary N) is 1. The highest BCUT2D eigenvalue weighted by atomic mass is 15.1. The molecular formula is C16H34N2. The third-order valence-electron chi connectivity index (χ3n) is 3.97. The van der Waals surface area contributed by atoms with Crippen molar-refractivity contribution in [3.63, 3.8) is 0 Å². The molecule has 18 heavy (non-hydrogen) atoms. The van der Waals surface area contributed by atoms with Crippen molar-refractivity contribution in [1.29, 1.82) is 0 Å². The van der Waals surface area contributed by atoms with E-state index in [4.69, 9.17) is 0 Å². The molecule has 1 aliphatic rings. The quantitative estimate of drug-likeness (QED) is 0.665. The van der Waals surface area contributed by atoms with Crippen LogP contribution in [0.3, 0.4) is 0 Å². The minimum absolute atomic E-state index is 0.707. The van der Waals surface area contributed by atoms with Crippen molar-refractivity contribution in [1.82, 2.24) is 10.2 Å². The molecule has 1 aliphatic heterocycles. The summed E-state index contributed by atoms with van der Waals surface area (Å²) in [6.07, 6.45) is 8.13. The second-order valence-electron chi connectivity index (χ2n) is 6.53. The summed E-state index contributed by atoms with van der Waals surface area (Å²) in [6.45, 7) is 13.1. The smallest absolute Gasteiger partial charge is 0.00938 e. The van der Waals surface area contributed by atoms with Gasteiger partial charge in [-0.3, -0.25) is 0 Å². The van der Waals surface area contributed by atoms with E-state index in [1.165, 1.54) is 58.2 Å². The molecule has 0 aliphatic carbocycles. The summed E-state index contributed by atoms with van der Waals surface area (Å²) in [5.41, 5.74) is 0. The molecule has 1 heterocycles. The number of piperidine rings is 1. The van der Waals surface area contributed by atoms with Crippen molar-refractivity contribution in [2.75, 3.05) is 19.6 Å². The highest BCUT2D eigenvalue weighted by molar-refractivity contribution is 4.79. The summed E-state index contributed by atoms with van der Waals surface area (Å²) >= 11 is 0. The standard InChI is InChI=1S/C16H34N2/c1-5-6-7-8-15(4)17-16-9-11-18(12-10-16)13-14(2)3/h14-17H,5-13H2,1-4H3. The maximum absolute atomic E-state index is 3.82. The zero-order valence-corrected chi connectivity index (χ0v) is 13.0. The molecule has 1 saturated heterocycles. The van der Waals surface area contributed by atoms with Crippen molar-refractivity contribution >= 4 is 0 Å². The molecule has 1 N–H and O–H groups in total. The summed E-state index contributed by atoms with van der Waals surface area (Å²) in [5, 5.41) is 3.82. The van der Waals surface area contributed by atoms with Crippen LogP contribution in [0.1, 0.15) is 66.2 Å². The van der Waals surface area contributed by atoms with Crippen molar-refractivity contribution in [2.24, 2.45) is 5.92 Å². The van der Waals surface area contributed by atoms with Crippen molar-refractivity contribution in [3.05, 3.63) is 0 Å². The largest absolute Gasteiger partial charge is 0.311 e. The number of nitrogens with zero attached hydrogens (tertiary/aromatic N) is 1. The average Bonchev–Trinajstić information content (AvgIpc) is 2.31. The molecule has 0 bridgehead atoms. The topological polar surface area (TPSA) is 15.3 Å². The van der Waals surface area contributed by atoms with Gasteiger partial charge in [-0.2, -0.15) is 0 Å². The van der Waals surface area contributed by atoms with E-state index >= 15 is 0 Å². The Hall–Kier alpha value is -0.0800. The predicted octanol–water partition coefficient (Wildman–Crippen LogP) is 3.67. The number of hydrogen-bond donors (Lipinski definition) is 1. The Morgan fingerprint density at radius 1 is 1.11 bits per heavy atom. The fourth-order valence-electron chi connectivity index (χ4n) is 2.98. The Morgan fingerprint density at radius 3 is 2.33 bits per heavy atom. The first-order valence-electron chi connectivity index (χ1n) is 8.10. The molecule has 0 aromatic heterocycles. The van der Waals surface area contributed by atoms with Crippen LogP contribution in [-0.2, 0) is 0 Å². The summed E-state index contributed by atoms with van der Waals surface area (Å²) in [6, 6.07) is 1.48. The Bertz CT molecular complexity index is 195. The Balaban J connectivity index is 2.11. The minimum atomic E-state index is 0.707. The molecule has 2 nitrogen and oxygen atoms in total. The maximum Gasteiger partial charge on any atom is 0.00938 e. The molecule has 1 fully saturated rings. The van der Waals surface area contributed by atoms with E-state index in [1.807, 2.05) is 0 Å². The van der Waals surface area contributed by atoms with Crippen molar-refractivity contribution in [3.8, 4) is 0 Å². The fraction of sp³-hybridized carbons (Fsp3) is 1.00. The third kappa shape index (κ3) is 6.75. The zero-order chi connectivity index (χ0) is 13.4. The monoisotopic (exact) mass is 254 g/mol. The van der Waals surface area contributed by atoms with Crippen LogP contribution in [0.5, 0.6) is 0 Å². The van der Waals surface area contributed by atoms with Gasteiger partial charge in [0.1, 0.15) is 0 Å². The maximum atomic E-state index is 3.82. The van der Waals surface area contributed by atoms with Gasteiger partial charge in [-0.15, -0.1) is 0 Å². The number of likely N-dealkylation sites (tertiary alicyclic amines) is 1. The van der Waals surface area contributed by atoms with Gasteiger partial charge in [0, 0.05) is 18.6 Å². The van der Waals surface area contributed by atoms with Gasteiger partial charge in [0.05, 0.1) is 0 Å². The van der Waals surface area contributed by atoms with Gasteiger partial charge in [-0.25, -0.2) is 0 Å². The molecule has 1 unspecified atom stereocenters.